The highest BCUT2D eigenvalue weighted by atomic mass is 35.5. The normalized spacial score (nSPS) is 11.9. The molecule has 162 valence electrons. The number of para-hydroxylation sites is 1. The summed E-state index contributed by atoms with van der Waals surface area (Å²) in [7, 11) is 0. The molecule has 0 aliphatic rings. The molecule has 1 unspecified atom stereocenters. The van der Waals surface area contributed by atoms with Gasteiger partial charge in [-0.05, 0) is 55.8 Å². The van der Waals surface area contributed by atoms with Crippen molar-refractivity contribution in [3.8, 4) is 17.1 Å². The molecular formula is C23H19Cl2N5OS. The fourth-order valence-corrected chi connectivity index (χ4v) is 4.30. The van der Waals surface area contributed by atoms with Crippen molar-refractivity contribution in [1.82, 2.24) is 19.7 Å². The molecular weight excluding hydrogens is 465 g/mol. The number of halogens is 2. The van der Waals surface area contributed by atoms with Crippen molar-refractivity contribution in [1.29, 1.82) is 0 Å². The highest BCUT2D eigenvalue weighted by Crippen LogP contribution is 2.32. The van der Waals surface area contributed by atoms with Gasteiger partial charge in [0.1, 0.15) is 0 Å². The molecule has 0 saturated carbocycles. The van der Waals surface area contributed by atoms with Gasteiger partial charge >= 0.3 is 0 Å². The number of hydrogen-bond donors (Lipinski definition) is 1. The lowest BCUT2D eigenvalue weighted by Crippen LogP contribution is -2.23. The van der Waals surface area contributed by atoms with Crippen molar-refractivity contribution >= 4 is 46.6 Å². The van der Waals surface area contributed by atoms with Crippen LogP contribution in [0.25, 0.3) is 17.1 Å². The standard InChI is InChI=1S/C23H19Cl2N5OS/c1-14-5-3-4-6-20(14)30-21(16-9-11-26-12-10-16)28-29-23(30)32-15(2)22(31)27-19-13-17(24)7-8-18(19)25/h3-13,15H,1-2H3,(H,27,31). The number of aromatic nitrogens is 4. The minimum atomic E-state index is -0.470. The lowest BCUT2D eigenvalue weighted by molar-refractivity contribution is -0.115. The molecule has 0 spiro atoms. The summed E-state index contributed by atoms with van der Waals surface area (Å²) in [6.07, 6.45) is 3.42. The van der Waals surface area contributed by atoms with Gasteiger partial charge in [0.05, 0.1) is 21.6 Å². The number of hydrogen-bond acceptors (Lipinski definition) is 5. The maximum absolute atomic E-state index is 12.9. The van der Waals surface area contributed by atoms with Gasteiger partial charge < -0.3 is 5.32 Å². The third-order valence-electron chi connectivity index (χ3n) is 4.77. The molecule has 2 aromatic carbocycles. The molecule has 0 fully saturated rings. The minimum Gasteiger partial charge on any atom is -0.324 e. The number of pyridine rings is 1. The molecule has 4 rings (SSSR count). The molecule has 1 N–H and O–H groups in total. The molecule has 1 atom stereocenters. The summed E-state index contributed by atoms with van der Waals surface area (Å²) in [5.41, 5.74) is 3.35. The van der Waals surface area contributed by atoms with Gasteiger partial charge in [-0.2, -0.15) is 0 Å². The van der Waals surface area contributed by atoms with E-state index in [9.17, 15) is 4.79 Å². The fourth-order valence-electron chi connectivity index (χ4n) is 3.10. The first-order valence-electron chi connectivity index (χ1n) is 9.78. The van der Waals surface area contributed by atoms with E-state index in [1.165, 1.54) is 11.8 Å². The molecule has 0 saturated heterocycles. The number of benzene rings is 2. The number of anilines is 1. The lowest BCUT2D eigenvalue weighted by Gasteiger charge is -2.16. The second-order valence-corrected chi connectivity index (χ2v) is 9.19. The van der Waals surface area contributed by atoms with Gasteiger partial charge in [0.15, 0.2) is 11.0 Å². The summed E-state index contributed by atoms with van der Waals surface area (Å²) in [4.78, 5) is 17.0. The van der Waals surface area contributed by atoms with E-state index in [0.717, 1.165) is 16.8 Å². The smallest absolute Gasteiger partial charge is 0.237 e. The van der Waals surface area contributed by atoms with E-state index in [0.29, 0.717) is 26.7 Å². The zero-order valence-corrected chi connectivity index (χ0v) is 19.6. The Balaban J connectivity index is 1.66. The zero-order valence-electron chi connectivity index (χ0n) is 17.3. The van der Waals surface area contributed by atoms with Crippen LogP contribution in [0.5, 0.6) is 0 Å². The SMILES string of the molecule is Cc1ccccc1-n1c(SC(C)C(=O)Nc2cc(Cl)ccc2Cl)nnc1-c1ccncc1. The van der Waals surface area contributed by atoms with Gasteiger partial charge in [-0.15, -0.1) is 10.2 Å². The highest BCUT2D eigenvalue weighted by molar-refractivity contribution is 8.00. The van der Waals surface area contributed by atoms with Crippen molar-refractivity contribution in [3.63, 3.8) is 0 Å². The van der Waals surface area contributed by atoms with E-state index in [4.69, 9.17) is 23.2 Å². The van der Waals surface area contributed by atoms with Gasteiger partial charge in [-0.1, -0.05) is 53.2 Å². The van der Waals surface area contributed by atoms with Crippen molar-refractivity contribution in [2.45, 2.75) is 24.3 Å². The zero-order chi connectivity index (χ0) is 22.7. The second kappa shape index (κ2) is 9.73. The molecule has 9 heteroatoms. The first-order valence-corrected chi connectivity index (χ1v) is 11.4. The monoisotopic (exact) mass is 483 g/mol. The Labute approximate surface area is 200 Å². The van der Waals surface area contributed by atoms with Crippen LogP contribution in [-0.4, -0.2) is 30.9 Å². The van der Waals surface area contributed by atoms with Crippen molar-refractivity contribution in [2.24, 2.45) is 0 Å². The quantitative estimate of drug-likeness (QED) is 0.337. The molecule has 6 nitrogen and oxygen atoms in total. The Bertz CT molecular complexity index is 1260. The Morgan fingerprint density at radius 3 is 2.56 bits per heavy atom. The predicted octanol–water partition coefficient (Wildman–Crippen LogP) is 6.06. The first-order chi connectivity index (χ1) is 15.4. The van der Waals surface area contributed by atoms with Crippen molar-refractivity contribution in [2.75, 3.05) is 5.32 Å². The molecule has 0 aliphatic heterocycles. The van der Waals surface area contributed by atoms with E-state index in [-0.39, 0.29) is 5.91 Å². The lowest BCUT2D eigenvalue weighted by atomic mass is 10.2. The topological polar surface area (TPSA) is 72.7 Å². The number of amides is 1. The van der Waals surface area contributed by atoms with Crippen molar-refractivity contribution < 1.29 is 4.79 Å². The fraction of sp³-hybridized carbons (Fsp3) is 0.130. The van der Waals surface area contributed by atoms with Crippen LogP contribution in [0.1, 0.15) is 12.5 Å². The molecule has 0 aliphatic carbocycles. The van der Waals surface area contributed by atoms with Gasteiger partial charge in [-0.3, -0.25) is 14.3 Å². The summed E-state index contributed by atoms with van der Waals surface area (Å²) in [6, 6.07) is 16.7. The third-order valence-corrected chi connectivity index (χ3v) is 6.37. The van der Waals surface area contributed by atoms with Crippen LogP contribution >= 0.6 is 35.0 Å². The van der Waals surface area contributed by atoms with E-state index in [1.807, 2.05) is 47.9 Å². The van der Waals surface area contributed by atoms with E-state index >= 15 is 0 Å². The van der Waals surface area contributed by atoms with E-state index in [1.54, 1.807) is 37.5 Å². The Kier molecular flexibility index (Phi) is 6.79. The van der Waals surface area contributed by atoms with Crippen LogP contribution in [0.2, 0.25) is 10.0 Å². The van der Waals surface area contributed by atoms with Crippen LogP contribution in [0, 0.1) is 6.92 Å². The number of carbonyl (C=O) groups excluding carboxylic acids is 1. The summed E-state index contributed by atoms with van der Waals surface area (Å²) in [5.74, 6) is 0.457. The summed E-state index contributed by atoms with van der Waals surface area (Å²) >= 11 is 13.5. The second-order valence-electron chi connectivity index (χ2n) is 7.04. The largest absolute Gasteiger partial charge is 0.324 e. The average molecular weight is 484 g/mol. The average Bonchev–Trinajstić information content (AvgIpc) is 3.20. The highest BCUT2D eigenvalue weighted by Gasteiger charge is 2.23. The van der Waals surface area contributed by atoms with Gasteiger partial charge in [0.2, 0.25) is 5.91 Å². The number of carbonyl (C=O) groups is 1. The third kappa shape index (κ3) is 4.80. The maximum Gasteiger partial charge on any atom is 0.237 e. The molecule has 1 amide bonds. The molecule has 4 aromatic rings. The molecule has 32 heavy (non-hydrogen) atoms. The summed E-state index contributed by atoms with van der Waals surface area (Å²) in [5, 5.41) is 12.7. The Hall–Kier alpha value is -2.87. The Morgan fingerprint density at radius 2 is 1.81 bits per heavy atom. The molecule has 2 aromatic heterocycles. The number of rotatable bonds is 6. The van der Waals surface area contributed by atoms with E-state index < -0.39 is 5.25 Å². The minimum absolute atomic E-state index is 0.219. The number of nitrogens with zero attached hydrogens (tertiary/aromatic N) is 4. The molecule has 0 radical (unpaired) electrons. The van der Waals surface area contributed by atoms with Crippen LogP contribution in [0.3, 0.4) is 0 Å². The van der Waals surface area contributed by atoms with Gasteiger partial charge in [0, 0.05) is 23.0 Å². The Morgan fingerprint density at radius 1 is 1.06 bits per heavy atom. The number of aryl methyl sites for hydroxylation is 1. The summed E-state index contributed by atoms with van der Waals surface area (Å²) < 4.78 is 1.96. The van der Waals surface area contributed by atoms with Crippen LogP contribution in [0.4, 0.5) is 5.69 Å². The van der Waals surface area contributed by atoms with Crippen LogP contribution < -0.4 is 5.32 Å². The van der Waals surface area contributed by atoms with Crippen LogP contribution in [-0.2, 0) is 4.79 Å². The number of thioether (sulfide) groups is 1. The van der Waals surface area contributed by atoms with Crippen LogP contribution in [0.15, 0.2) is 72.1 Å². The van der Waals surface area contributed by atoms with E-state index in [2.05, 4.69) is 20.5 Å². The van der Waals surface area contributed by atoms with Gasteiger partial charge in [0.25, 0.3) is 0 Å². The molecule has 0 bridgehead atoms. The summed E-state index contributed by atoms with van der Waals surface area (Å²) in [6.45, 7) is 3.83. The maximum atomic E-state index is 12.9. The first kappa shape index (κ1) is 22.3. The number of nitrogens with one attached hydrogen (secondary N) is 1. The predicted molar refractivity (Wildman–Crippen MR) is 130 cm³/mol. The van der Waals surface area contributed by atoms with Gasteiger partial charge in [-0.25, -0.2) is 0 Å². The molecule has 2 heterocycles. The van der Waals surface area contributed by atoms with Crippen molar-refractivity contribution in [3.05, 3.63) is 82.6 Å².